The predicted octanol–water partition coefficient (Wildman–Crippen LogP) is 8.10. The van der Waals surface area contributed by atoms with E-state index in [-0.39, 0.29) is 5.92 Å². The SMILES string of the molecule is CCCCCCCOc1ccc(CC(C#N)[C@H]2CC[C@H](CCCCC)CC2)cc1. The molecule has 1 aromatic carbocycles. The third kappa shape index (κ3) is 9.24. The molecule has 2 rings (SSSR count). The van der Waals surface area contributed by atoms with Gasteiger partial charge < -0.3 is 4.74 Å². The molecule has 2 nitrogen and oxygen atoms in total. The van der Waals surface area contributed by atoms with Crippen LogP contribution >= 0.6 is 0 Å². The van der Waals surface area contributed by atoms with E-state index in [1.807, 2.05) is 0 Å². The Morgan fingerprint density at radius 2 is 1.55 bits per heavy atom. The van der Waals surface area contributed by atoms with Gasteiger partial charge in [0.05, 0.1) is 18.6 Å². The highest BCUT2D eigenvalue weighted by Crippen LogP contribution is 2.37. The Labute approximate surface area is 180 Å². The summed E-state index contributed by atoms with van der Waals surface area (Å²) in [4.78, 5) is 0. The van der Waals surface area contributed by atoms with Crippen molar-refractivity contribution in [2.75, 3.05) is 6.61 Å². The maximum Gasteiger partial charge on any atom is 0.119 e. The van der Waals surface area contributed by atoms with Crippen molar-refractivity contribution in [3.05, 3.63) is 29.8 Å². The zero-order valence-corrected chi connectivity index (χ0v) is 19.0. The monoisotopic (exact) mass is 397 g/mol. The highest BCUT2D eigenvalue weighted by Gasteiger charge is 2.27. The second kappa shape index (κ2) is 14.5. The maximum absolute atomic E-state index is 9.76. The molecule has 1 atom stereocenters. The second-order valence-corrected chi connectivity index (χ2v) is 9.12. The molecular weight excluding hydrogens is 354 g/mol. The third-order valence-electron chi connectivity index (χ3n) is 6.74. The van der Waals surface area contributed by atoms with Gasteiger partial charge in [-0.3, -0.25) is 0 Å². The van der Waals surface area contributed by atoms with E-state index in [1.165, 1.54) is 82.6 Å². The van der Waals surface area contributed by atoms with Gasteiger partial charge in [0, 0.05) is 0 Å². The summed E-state index contributed by atoms with van der Waals surface area (Å²) in [5.74, 6) is 2.62. The average Bonchev–Trinajstić information content (AvgIpc) is 2.76. The molecule has 0 heterocycles. The van der Waals surface area contributed by atoms with Crippen LogP contribution in [0, 0.1) is 29.1 Å². The lowest BCUT2D eigenvalue weighted by Crippen LogP contribution is -2.22. The molecule has 1 fully saturated rings. The molecule has 0 radical (unpaired) electrons. The van der Waals surface area contributed by atoms with Crippen molar-refractivity contribution in [1.29, 1.82) is 5.26 Å². The highest BCUT2D eigenvalue weighted by molar-refractivity contribution is 5.28. The first-order valence-electron chi connectivity index (χ1n) is 12.4. The van der Waals surface area contributed by atoms with Crippen LogP contribution in [0.15, 0.2) is 24.3 Å². The van der Waals surface area contributed by atoms with Gasteiger partial charge >= 0.3 is 0 Å². The van der Waals surface area contributed by atoms with E-state index in [2.05, 4.69) is 44.2 Å². The van der Waals surface area contributed by atoms with Crippen LogP contribution in [0.4, 0.5) is 0 Å². The van der Waals surface area contributed by atoms with E-state index in [0.29, 0.717) is 5.92 Å². The molecular formula is C27H43NO. The van der Waals surface area contributed by atoms with Gasteiger partial charge in [0.25, 0.3) is 0 Å². The van der Waals surface area contributed by atoms with Gasteiger partial charge in [-0.05, 0) is 55.2 Å². The Balaban J connectivity index is 1.70. The second-order valence-electron chi connectivity index (χ2n) is 9.12. The summed E-state index contributed by atoms with van der Waals surface area (Å²) < 4.78 is 5.88. The molecule has 0 bridgehead atoms. The molecule has 2 heteroatoms. The van der Waals surface area contributed by atoms with E-state index < -0.39 is 0 Å². The number of hydrogen-bond acceptors (Lipinski definition) is 2. The zero-order valence-electron chi connectivity index (χ0n) is 19.0. The van der Waals surface area contributed by atoms with Crippen molar-refractivity contribution in [2.45, 2.75) is 104 Å². The van der Waals surface area contributed by atoms with E-state index in [0.717, 1.165) is 31.1 Å². The van der Waals surface area contributed by atoms with Crippen LogP contribution in [-0.2, 0) is 6.42 Å². The zero-order chi connectivity index (χ0) is 20.7. The minimum Gasteiger partial charge on any atom is -0.494 e. The van der Waals surface area contributed by atoms with Crippen LogP contribution in [0.5, 0.6) is 5.75 Å². The topological polar surface area (TPSA) is 33.0 Å². The minimum atomic E-state index is 0.164. The molecule has 0 N–H and O–H groups in total. The molecule has 1 aromatic rings. The largest absolute Gasteiger partial charge is 0.494 e. The number of ether oxygens (including phenoxy) is 1. The van der Waals surface area contributed by atoms with Crippen LogP contribution in [0.25, 0.3) is 0 Å². The normalized spacial score (nSPS) is 20.2. The molecule has 1 unspecified atom stereocenters. The van der Waals surface area contributed by atoms with Crippen molar-refractivity contribution >= 4 is 0 Å². The van der Waals surface area contributed by atoms with Crippen LogP contribution in [0.1, 0.15) is 103 Å². The molecule has 0 aromatic heterocycles. The van der Waals surface area contributed by atoms with Gasteiger partial charge in [0.1, 0.15) is 5.75 Å². The molecule has 29 heavy (non-hydrogen) atoms. The quantitative estimate of drug-likeness (QED) is 0.297. The number of nitriles is 1. The Hall–Kier alpha value is -1.49. The molecule has 162 valence electrons. The molecule has 1 aliphatic carbocycles. The molecule has 0 aliphatic heterocycles. The standard InChI is InChI=1S/C27H43NO/c1-3-5-7-8-10-20-29-27-18-14-24(15-19-27)21-26(22-28)25-16-12-23(13-17-25)11-9-6-4-2/h14-15,18-19,23,25-26H,3-13,16-17,20-21H2,1-2H3/t23-,25-,26?. The predicted molar refractivity (Wildman–Crippen MR) is 123 cm³/mol. The van der Waals surface area contributed by atoms with E-state index >= 15 is 0 Å². The summed E-state index contributed by atoms with van der Waals surface area (Å²) in [6, 6.07) is 11.1. The molecule has 1 saturated carbocycles. The number of benzene rings is 1. The minimum absolute atomic E-state index is 0.164. The number of hydrogen-bond donors (Lipinski definition) is 0. The van der Waals surface area contributed by atoms with Crippen molar-refractivity contribution < 1.29 is 4.74 Å². The van der Waals surface area contributed by atoms with Crippen LogP contribution in [-0.4, -0.2) is 6.61 Å². The van der Waals surface area contributed by atoms with Crippen molar-refractivity contribution in [3.8, 4) is 11.8 Å². The Kier molecular flexibility index (Phi) is 11.9. The summed E-state index contributed by atoms with van der Waals surface area (Å²) in [5.41, 5.74) is 1.27. The molecule has 0 saturated heterocycles. The highest BCUT2D eigenvalue weighted by atomic mass is 16.5. The number of unbranched alkanes of at least 4 members (excludes halogenated alkanes) is 6. The van der Waals surface area contributed by atoms with Gasteiger partial charge in [0.15, 0.2) is 0 Å². The fraction of sp³-hybridized carbons (Fsp3) is 0.741. The summed E-state index contributed by atoms with van der Waals surface area (Å²) in [5, 5.41) is 9.76. The summed E-state index contributed by atoms with van der Waals surface area (Å²) in [6.07, 6.45) is 17.8. The van der Waals surface area contributed by atoms with Crippen LogP contribution < -0.4 is 4.74 Å². The van der Waals surface area contributed by atoms with Crippen molar-refractivity contribution in [3.63, 3.8) is 0 Å². The van der Waals surface area contributed by atoms with E-state index in [1.54, 1.807) is 0 Å². The molecule has 1 aliphatic rings. The first kappa shape index (κ1) is 23.8. The lowest BCUT2D eigenvalue weighted by Gasteiger charge is -2.31. The van der Waals surface area contributed by atoms with E-state index in [4.69, 9.17) is 4.74 Å². The first-order chi connectivity index (χ1) is 14.3. The Bertz CT molecular complexity index is 565. The third-order valence-corrected chi connectivity index (χ3v) is 6.74. The first-order valence-corrected chi connectivity index (χ1v) is 12.4. The Morgan fingerprint density at radius 1 is 0.897 bits per heavy atom. The Morgan fingerprint density at radius 3 is 2.21 bits per heavy atom. The lowest BCUT2D eigenvalue weighted by molar-refractivity contribution is 0.221. The summed E-state index contributed by atoms with van der Waals surface area (Å²) >= 11 is 0. The fourth-order valence-electron chi connectivity index (χ4n) is 4.75. The van der Waals surface area contributed by atoms with Crippen LogP contribution in [0.2, 0.25) is 0 Å². The smallest absolute Gasteiger partial charge is 0.119 e. The number of nitrogens with zero attached hydrogens (tertiary/aromatic N) is 1. The summed E-state index contributed by atoms with van der Waals surface area (Å²) in [7, 11) is 0. The fourth-order valence-corrected chi connectivity index (χ4v) is 4.75. The molecule has 0 spiro atoms. The average molecular weight is 398 g/mol. The van der Waals surface area contributed by atoms with Crippen molar-refractivity contribution in [2.24, 2.45) is 17.8 Å². The van der Waals surface area contributed by atoms with Gasteiger partial charge in [-0.25, -0.2) is 0 Å². The van der Waals surface area contributed by atoms with Gasteiger partial charge in [-0.15, -0.1) is 0 Å². The van der Waals surface area contributed by atoms with Gasteiger partial charge in [0.2, 0.25) is 0 Å². The van der Waals surface area contributed by atoms with Gasteiger partial charge in [-0.1, -0.05) is 90.2 Å². The molecule has 0 amide bonds. The lowest BCUT2D eigenvalue weighted by atomic mass is 9.73. The maximum atomic E-state index is 9.76. The van der Waals surface area contributed by atoms with Crippen molar-refractivity contribution in [1.82, 2.24) is 0 Å². The van der Waals surface area contributed by atoms with Gasteiger partial charge in [-0.2, -0.15) is 5.26 Å². The summed E-state index contributed by atoms with van der Waals surface area (Å²) in [6.45, 7) is 5.33. The van der Waals surface area contributed by atoms with E-state index in [9.17, 15) is 5.26 Å². The van der Waals surface area contributed by atoms with Crippen LogP contribution in [0.3, 0.4) is 0 Å². The number of rotatable bonds is 14.